The molecule has 0 radical (unpaired) electrons. The minimum Gasteiger partial charge on any atom is -0.340 e. The van der Waals surface area contributed by atoms with E-state index in [0.29, 0.717) is 18.8 Å². The fourth-order valence-electron chi connectivity index (χ4n) is 2.37. The Kier molecular flexibility index (Phi) is 4.41. The lowest BCUT2D eigenvalue weighted by molar-refractivity contribution is -0.158. The summed E-state index contributed by atoms with van der Waals surface area (Å²) in [5.74, 6) is 0.376. The van der Waals surface area contributed by atoms with Gasteiger partial charge in [-0.05, 0) is 32.6 Å². The molecule has 1 rings (SSSR count). The highest BCUT2D eigenvalue weighted by Gasteiger charge is 2.48. The third-order valence-electron chi connectivity index (χ3n) is 4.24. The van der Waals surface area contributed by atoms with Crippen LogP contribution < -0.4 is 5.32 Å². The van der Waals surface area contributed by atoms with E-state index in [1.54, 1.807) is 4.90 Å². The number of nitrogens with one attached hydrogen (secondary N) is 1. The Morgan fingerprint density at radius 3 is 2.22 bits per heavy atom. The van der Waals surface area contributed by atoms with Crippen molar-refractivity contribution in [1.29, 1.82) is 0 Å². The Bertz CT molecular complexity index is 341. The van der Waals surface area contributed by atoms with Gasteiger partial charge in [-0.2, -0.15) is 0 Å². The third kappa shape index (κ3) is 2.38. The molecule has 1 saturated heterocycles. The van der Waals surface area contributed by atoms with Gasteiger partial charge in [0, 0.05) is 6.04 Å². The number of carbonyl (C=O) groups is 2. The van der Waals surface area contributed by atoms with E-state index in [9.17, 15) is 9.59 Å². The average molecular weight is 254 g/mol. The number of rotatable bonds is 4. The summed E-state index contributed by atoms with van der Waals surface area (Å²) in [6.45, 7) is 11.9. The molecule has 0 saturated carbocycles. The zero-order chi connectivity index (χ0) is 14.1. The van der Waals surface area contributed by atoms with Crippen molar-refractivity contribution in [3.8, 4) is 0 Å². The van der Waals surface area contributed by atoms with Crippen LogP contribution in [0.15, 0.2) is 0 Å². The van der Waals surface area contributed by atoms with Gasteiger partial charge in [-0.25, -0.2) is 0 Å². The number of hydrogen-bond donors (Lipinski definition) is 1. The van der Waals surface area contributed by atoms with Gasteiger partial charge in [-0.1, -0.05) is 27.7 Å². The van der Waals surface area contributed by atoms with Gasteiger partial charge in [0.1, 0.15) is 11.6 Å². The largest absolute Gasteiger partial charge is 0.340 e. The van der Waals surface area contributed by atoms with Gasteiger partial charge in [-0.15, -0.1) is 0 Å². The summed E-state index contributed by atoms with van der Waals surface area (Å²) in [5, 5.41) is 2.89. The molecular weight excluding hydrogens is 228 g/mol. The second-order valence-corrected chi connectivity index (χ2v) is 5.80. The Morgan fingerprint density at radius 2 is 1.83 bits per heavy atom. The second-order valence-electron chi connectivity index (χ2n) is 5.80. The number of nitrogens with zero attached hydrogens (tertiary/aromatic N) is 1. The van der Waals surface area contributed by atoms with Crippen LogP contribution in [0.3, 0.4) is 0 Å². The molecule has 1 fully saturated rings. The minimum absolute atomic E-state index is 0.0195. The molecule has 0 aromatic carbocycles. The third-order valence-corrected chi connectivity index (χ3v) is 4.24. The van der Waals surface area contributed by atoms with Gasteiger partial charge in [0.05, 0.1) is 0 Å². The van der Waals surface area contributed by atoms with Crippen LogP contribution in [0.4, 0.5) is 0 Å². The smallest absolute Gasteiger partial charge is 0.248 e. The highest BCUT2D eigenvalue weighted by molar-refractivity contribution is 5.99. The predicted molar refractivity (Wildman–Crippen MR) is 72.1 cm³/mol. The lowest BCUT2D eigenvalue weighted by Crippen LogP contribution is -2.70. The van der Waals surface area contributed by atoms with Gasteiger partial charge in [0.25, 0.3) is 0 Å². The molecule has 3 unspecified atom stereocenters. The molecule has 18 heavy (non-hydrogen) atoms. The van der Waals surface area contributed by atoms with Crippen LogP contribution in [0.1, 0.15) is 54.4 Å². The summed E-state index contributed by atoms with van der Waals surface area (Å²) in [6, 6.07) is -0.242. The molecule has 1 N–H and O–H groups in total. The fourth-order valence-corrected chi connectivity index (χ4v) is 2.37. The highest BCUT2D eigenvalue weighted by atomic mass is 16.2. The molecule has 104 valence electrons. The molecule has 0 aromatic rings. The minimum atomic E-state index is -0.744. The molecule has 0 spiro atoms. The highest BCUT2D eigenvalue weighted by Crippen LogP contribution is 2.27. The van der Waals surface area contributed by atoms with E-state index in [4.69, 9.17) is 0 Å². The normalized spacial score (nSPS) is 30.6. The average Bonchev–Trinajstić information content (AvgIpc) is 2.32. The number of carbonyl (C=O) groups excluding carboxylic acids is 2. The first-order valence-corrected chi connectivity index (χ1v) is 6.93. The van der Waals surface area contributed by atoms with Crippen molar-refractivity contribution in [2.45, 2.75) is 72.0 Å². The number of amides is 2. The van der Waals surface area contributed by atoms with Crippen LogP contribution in [0.2, 0.25) is 0 Å². The zero-order valence-electron chi connectivity index (χ0n) is 12.4. The van der Waals surface area contributed by atoms with Gasteiger partial charge < -0.3 is 10.2 Å². The van der Waals surface area contributed by atoms with Gasteiger partial charge in [0.2, 0.25) is 11.8 Å². The van der Waals surface area contributed by atoms with Crippen LogP contribution in [0.5, 0.6) is 0 Å². The van der Waals surface area contributed by atoms with Crippen molar-refractivity contribution in [2.24, 2.45) is 5.92 Å². The lowest BCUT2D eigenvalue weighted by Gasteiger charge is -2.47. The van der Waals surface area contributed by atoms with Crippen LogP contribution in [-0.4, -0.2) is 34.3 Å². The monoisotopic (exact) mass is 254 g/mol. The Morgan fingerprint density at radius 1 is 1.28 bits per heavy atom. The SMILES string of the molecule is CCC1C(=O)NC(C)(CC)C(=O)N1C(C)C(C)C. The Balaban J connectivity index is 3.14. The van der Waals surface area contributed by atoms with Crippen LogP contribution in [0.25, 0.3) is 0 Å². The van der Waals surface area contributed by atoms with E-state index in [0.717, 1.165) is 0 Å². The van der Waals surface area contributed by atoms with Crippen LogP contribution in [0, 0.1) is 5.92 Å². The van der Waals surface area contributed by atoms with Crippen molar-refractivity contribution in [3.63, 3.8) is 0 Å². The van der Waals surface area contributed by atoms with Crippen molar-refractivity contribution >= 4 is 11.8 Å². The summed E-state index contributed by atoms with van der Waals surface area (Å²) in [7, 11) is 0. The molecule has 1 aliphatic rings. The first kappa shape index (κ1) is 15.0. The fraction of sp³-hybridized carbons (Fsp3) is 0.857. The van der Waals surface area contributed by atoms with E-state index in [1.165, 1.54) is 0 Å². The molecule has 4 nitrogen and oxygen atoms in total. The van der Waals surface area contributed by atoms with E-state index in [1.807, 2.05) is 27.7 Å². The van der Waals surface area contributed by atoms with Gasteiger partial charge in [0.15, 0.2) is 0 Å². The second kappa shape index (κ2) is 5.29. The van der Waals surface area contributed by atoms with Gasteiger partial charge in [-0.3, -0.25) is 9.59 Å². The maximum atomic E-state index is 12.7. The summed E-state index contributed by atoms with van der Waals surface area (Å²) in [4.78, 5) is 26.6. The molecule has 0 bridgehead atoms. The van der Waals surface area contributed by atoms with Crippen molar-refractivity contribution in [2.75, 3.05) is 0 Å². The molecule has 4 heteroatoms. The maximum absolute atomic E-state index is 12.7. The quantitative estimate of drug-likeness (QED) is 0.833. The topological polar surface area (TPSA) is 49.4 Å². The standard InChI is InChI=1S/C14H26N2O2/c1-7-11-12(17)15-14(6,8-2)13(18)16(11)10(5)9(3)4/h9-11H,7-8H2,1-6H3,(H,15,17). The molecule has 1 heterocycles. The summed E-state index contributed by atoms with van der Waals surface area (Å²) < 4.78 is 0. The Labute approximate surface area is 110 Å². The van der Waals surface area contributed by atoms with Crippen LogP contribution in [-0.2, 0) is 9.59 Å². The summed E-state index contributed by atoms with van der Waals surface area (Å²) in [6.07, 6.45) is 1.28. The molecular formula is C14H26N2O2. The van der Waals surface area contributed by atoms with Crippen molar-refractivity contribution in [3.05, 3.63) is 0 Å². The molecule has 0 aliphatic carbocycles. The maximum Gasteiger partial charge on any atom is 0.248 e. The molecule has 3 atom stereocenters. The Hall–Kier alpha value is -1.06. The first-order chi connectivity index (χ1) is 8.28. The van der Waals surface area contributed by atoms with Crippen molar-refractivity contribution in [1.82, 2.24) is 10.2 Å². The molecule has 2 amide bonds. The van der Waals surface area contributed by atoms with E-state index >= 15 is 0 Å². The summed E-state index contributed by atoms with van der Waals surface area (Å²) >= 11 is 0. The number of piperazine rings is 1. The molecule has 0 aromatic heterocycles. The number of hydrogen-bond acceptors (Lipinski definition) is 2. The predicted octanol–water partition coefficient (Wildman–Crippen LogP) is 1.94. The molecule has 1 aliphatic heterocycles. The first-order valence-electron chi connectivity index (χ1n) is 6.93. The van der Waals surface area contributed by atoms with E-state index in [2.05, 4.69) is 19.2 Å². The zero-order valence-corrected chi connectivity index (χ0v) is 12.4. The van der Waals surface area contributed by atoms with Gasteiger partial charge >= 0.3 is 0 Å². The van der Waals surface area contributed by atoms with Crippen molar-refractivity contribution < 1.29 is 9.59 Å². The lowest BCUT2D eigenvalue weighted by atomic mass is 9.88. The van der Waals surface area contributed by atoms with E-state index < -0.39 is 5.54 Å². The van der Waals surface area contributed by atoms with Crippen LogP contribution >= 0.6 is 0 Å². The van der Waals surface area contributed by atoms with E-state index in [-0.39, 0.29) is 23.9 Å². The summed E-state index contributed by atoms with van der Waals surface area (Å²) in [5.41, 5.74) is -0.744.